The van der Waals surface area contributed by atoms with Crippen LogP contribution in [0.4, 0.5) is 0 Å². The molecule has 0 bridgehead atoms. The molecule has 1 heterocycles. The average molecular weight is 143 g/mol. The first-order valence-corrected chi connectivity index (χ1v) is 4.11. The Morgan fingerprint density at radius 3 is 3.00 bits per heavy atom. The molecule has 0 aromatic rings. The largest absolute Gasteiger partial charge is 0.383 e. The van der Waals surface area contributed by atoms with Gasteiger partial charge in [-0.1, -0.05) is 6.92 Å². The van der Waals surface area contributed by atoms with Crippen molar-refractivity contribution in [3.8, 4) is 0 Å². The molecule has 0 aromatic carbocycles. The normalized spacial score (nSPS) is 27.6. The number of nitrogens with zero attached hydrogens (tertiary/aromatic N) is 1. The monoisotopic (exact) mass is 143 g/mol. The van der Waals surface area contributed by atoms with E-state index >= 15 is 0 Å². The molecule has 1 atom stereocenters. The predicted octanol–water partition coefficient (Wildman–Crippen LogP) is 1.12. The van der Waals surface area contributed by atoms with Crippen LogP contribution in [-0.4, -0.2) is 37.7 Å². The van der Waals surface area contributed by atoms with Crippen LogP contribution in [0.3, 0.4) is 0 Å². The molecule has 1 rings (SSSR count). The molecule has 0 saturated carbocycles. The number of hydrogen-bond donors (Lipinski definition) is 0. The van der Waals surface area contributed by atoms with Crippen molar-refractivity contribution in [1.82, 2.24) is 4.90 Å². The fraction of sp³-hybridized carbons (Fsp3) is 1.00. The van der Waals surface area contributed by atoms with Crippen LogP contribution in [0.2, 0.25) is 0 Å². The van der Waals surface area contributed by atoms with Crippen LogP contribution in [0.15, 0.2) is 0 Å². The second-order valence-corrected chi connectivity index (χ2v) is 2.88. The van der Waals surface area contributed by atoms with Crippen LogP contribution in [0.25, 0.3) is 0 Å². The summed E-state index contributed by atoms with van der Waals surface area (Å²) in [5.41, 5.74) is 0. The third-order valence-corrected chi connectivity index (χ3v) is 2.26. The van der Waals surface area contributed by atoms with Gasteiger partial charge in [0.05, 0.1) is 6.61 Å². The van der Waals surface area contributed by atoms with Crippen molar-refractivity contribution < 1.29 is 4.74 Å². The van der Waals surface area contributed by atoms with Gasteiger partial charge in [0.2, 0.25) is 0 Å². The molecule has 0 radical (unpaired) electrons. The molecule has 1 aliphatic rings. The predicted molar refractivity (Wildman–Crippen MR) is 42.1 cm³/mol. The van der Waals surface area contributed by atoms with E-state index in [2.05, 4.69) is 11.8 Å². The number of likely N-dealkylation sites (tertiary alicyclic amines) is 1. The number of rotatable bonds is 3. The summed E-state index contributed by atoms with van der Waals surface area (Å²) in [6, 6.07) is 0.704. The number of methoxy groups -OCH3 is 1. The summed E-state index contributed by atoms with van der Waals surface area (Å²) in [5.74, 6) is 0. The maximum Gasteiger partial charge on any atom is 0.0618 e. The summed E-state index contributed by atoms with van der Waals surface area (Å²) < 4.78 is 5.12. The van der Waals surface area contributed by atoms with Gasteiger partial charge in [-0.2, -0.15) is 0 Å². The van der Waals surface area contributed by atoms with E-state index in [0.29, 0.717) is 6.04 Å². The van der Waals surface area contributed by atoms with Crippen LogP contribution < -0.4 is 0 Å². The zero-order valence-electron chi connectivity index (χ0n) is 6.97. The Hall–Kier alpha value is -0.0800. The van der Waals surface area contributed by atoms with Gasteiger partial charge in [0.25, 0.3) is 0 Å². The summed E-state index contributed by atoms with van der Waals surface area (Å²) in [7, 11) is 1.78. The van der Waals surface area contributed by atoms with Gasteiger partial charge >= 0.3 is 0 Å². The van der Waals surface area contributed by atoms with E-state index in [1.54, 1.807) is 7.11 Å². The highest BCUT2D eigenvalue weighted by Crippen LogP contribution is 2.15. The molecule has 2 heteroatoms. The van der Waals surface area contributed by atoms with E-state index in [-0.39, 0.29) is 0 Å². The maximum atomic E-state index is 5.12. The second kappa shape index (κ2) is 3.94. The van der Waals surface area contributed by atoms with Gasteiger partial charge in [0.15, 0.2) is 0 Å². The lowest BCUT2D eigenvalue weighted by Crippen LogP contribution is -2.32. The van der Waals surface area contributed by atoms with Crippen LogP contribution in [0.5, 0.6) is 0 Å². The highest BCUT2D eigenvalue weighted by Gasteiger charge is 2.21. The minimum Gasteiger partial charge on any atom is -0.383 e. The van der Waals surface area contributed by atoms with Gasteiger partial charge in [-0.25, -0.2) is 0 Å². The summed E-state index contributed by atoms with van der Waals surface area (Å²) in [4.78, 5) is 2.49. The first kappa shape index (κ1) is 8.02. The Labute approximate surface area is 63.2 Å². The Kier molecular flexibility index (Phi) is 3.16. The van der Waals surface area contributed by atoms with Gasteiger partial charge < -0.3 is 4.74 Å². The third kappa shape index (κ3) is 1.70. The highest BCUT2D eigenvalue weighted by atomic mass is 16.5. The van der Waals surface area contributed by atoms with Gasteiger partial charge in [0, 0.05) is 13.2 Å². The lowest BCUT2D eigenvalue weighted by atomic mass is 10.2. The molecule has 0 aromatic heterocycles. The molecule has 0 spiro atoms. The first-order chi connectivity index (χ1) is 4.88. The number of ether oxygens (including phenoxy) is 1. The van der Waals surface area contributed by atoms with Crippen LogP contribution in [-0.2, 0) is 4.74 Å². The Morgan fingerprint density at radius 2 is 2.40 bits per heavy atom. The van der Waals surface area contributed by atoms with Crippen molar-refractivity contribution in [3.63, 3.8) is 0 Å². The van der Waals surface area contributed by atoms with E-state index in [1.165, 1.54) is 25.9 Å². The molecule has 1 fully saturated rings. The summed E-state index contributed by atoms with van der Waals surface area (Å²) in [6.07, 6.45) is 2.67. The SMILES string of the molecule is CCN1CCCC1COC. The molecule has 0 amide bonds. The molecular formula is C8H17NO. The fourth-order valence-corrected chi connectivity index (χ4v) is 1.69. The Balaban J connectivity index is 2.27. The molecule has 1 aliphatic heterocycles. The Bertz CT molecular complexity index is 95.3. The molecule has 1 saturated heterocycles. The lowest BCUT2D eigenvalue weighted by molar-refractivity contribution is 0.119. The van der Waals surface area contributed by atoms with Crippen molar-refractivity contribution in [1.29, 1.82) is 0 Å². The van der Waals surface area contributed by atoms with Crippen molar-refractivity contribution >= 4 is 0 Å². The van der Waals surface area contributed by atoms with E-state index in [9.17, 15) is 0 Å². The van der Waals surface area contributed by atoms with Crippen molar-refractivity contribution in [2.45, 2.75) is 25.8 Å². The number of likely N-dealkylation sites (N-methyl/N-ethyl adjacent to an activating group) is 1. The van der Waals surface area contributed by atoms with Crippen LogP contribution >= 0.6 is 0 Å². The molecule has 2 nitrogen and oxygen atoms in total. The molecule has 1 unspecified atom stereocenters. The van der Waals surface area contributed by atoms with E-state index in [4.69, 9.17) is 4.74 Å². The molecule has 0 aliphatic carbocycles. The zero-order chi connectivity index (χ0) is 7.40. The van der Waals surface area contributed by atoms with E-state index in [0.717, 1.165) is 6.61 Å². The standard InChI is InChI=1S/C8H17NO/c1-3-9-6-4-5-8(9)7-10-2/h8H,3-7H2,1-2H3. The van der Waals surface area contributed by atoms with E-state index < -0.39 is 0 Å². The van der Waals surface area contributed by atoms with Crippen molar-refractivity contribution in [3.05, 3.63) is 0 Å². The lowest BCUT2D eigenvalue weighted by Gasteiger charge is -2.21. The maximum absolute atomic E-state index is 5.12. The smallest absolute Gasteiger partial charge is 0.0618 e. The molecule has 10 heavy (non-hydrogen) atoms. The fourth-order valence-electron chi connectivity index (χ4n) is 1.69. The molecular weight excluding hydrogens is 126 g/mol. The first-order valence-electron chi connectivity index (χ1n) is 4.11. The minimum absolute atomic E-state index is 0.704. The van der Waals surface area contributed by atoms with Crippen molar-refractivity contribution in [2.24, 2.45) is 0 Å². The van der Waals surface area contributed by atoms with Crippen LogP contribution in [0, 0.1) is 0 Å². The molecule has 0 N–H and O–H groups in total. The van der Waals surface area contributed by atoms with E-state index in [1.807, 2.05) is 0 Å². The van der Waals surface area contributed by atoms with Crippen molar-refractivity contribution in [2.75, 3.05) is 26.8 Å². The summed E-state index contributed by atoms with van der Waals surface area (Å²) >= 11 is 0. The Morgan fingerprint density at radius 1 is 1.60 bits per heavy atom. The molecule has 60 valence electrons. The second-order valence-electron chi connectivity index (χ2n) is 2.88. The average Bonchev–Trinajstić information content (AvgIpc) is 2.36. The minimum atomic E-state index is 0.704. The van der Waals surface area contributed by atoms with Gasteiger partial charge in [-0.05, 0) is 25.9 Å². The van der Waals surface area contributed by atoms with Gasteiger partial charge in [-0.15, -0.1) is 0 Å². The van der Waals surface area contributed by atoms with Crippen LogP contribution in [0.1, 0.15) is 19.8 Å². The number of hydrogen-bond acceptors (Lipinski definition) is 2. The van der Waals surface area contributed by atoms with Gasteiger partial charge in [-0.3, -0.25) is 4.90 Å². The summed E-state index contributed by atoms with van der Waals surface area (Å²) in [6.45, 7) is 5.57. The third-order valence-electron chi connectivity index (χ3n) is 2.26. The quantitative estimate of drug-likeness (QED) is 0.587. The summed E-state index contributed by atoms with van der Waals surface area (Å²) in [5, 5.41) is 0. The highest BCUT2D eigenvalue weighted by molar-refractivity contribution is 4.77. The van der Waals surface area contributed by atoms with Gasteiger partial charge in [0.1, 0.15) is 0 Å². The topological polar surface area (TPSA) is 12.5 Å². The zero-order valence-corrected chi connectivity index (χ0v) is 6.97.